The Bertz CT molecular complexity index is 788. The molecule has 0 saturated heterocycles. The Morgan fingerprint density at radius 1 is 1.25 bits per heavy atom. The fourth-order valence-electron chi connectivity index (χ4n) is 2.90. The van der Waals surface area contributed by atoms with Gasteiger partial charge < -0.3 is 10.1 Å². The van der Waals surface area contributed by atoms with E-state index in [0.717, 1.165) is 37.6 Å². The zero-order chi connectivity index (χ0) is 17.0. The number of rotatable bonds is 5. The summed E-state index contributed by atoms with van der Waals surface area (Å²) in [7, 11) is -3.03. The SMILES string of the molecule is CS(=O)(=O)Cc1ccc(NC[C@@H]2CCOc3ccccc3C2)nc1. The number of benzene rings is 1. The summed E-state index contributed by atoms with van der Waals surface area (Å²) in [5.41, 5.74) is 1.96. The van der Waals surface area contributed by atoms with Gasteiger partial charge in [0.2, 0.25) is 0 Å². The largest absolute Gasteiger partial charge is 0.493 e. The molecule has 0 radical (unpaired) electrons. The van der Waals surface area contributed by atoms with Crippen molar-refractivity contribution in [3.05, 3.63) is 53.7 Å². The van der Waals surface area contributed by atoms with Crippen LogP contribution in [0.4, 0.5) is 5.82 Å². The van der Waals surface area contributed by atoms with Crippen LogP contribution in [0.5, 0.6) is 5.75 Å². The van der Waals surface area contributed by atoms with Crippen molar-refractivity contribution in [2.24, 2.45) is 5.92 Å². The molecule has 0 unspecified atom stereocenters. The van der Waals surface area contributed by atoms with Crippen LogP contribution in [0.2, 0.25) is 0 Å². The molecule has 1 aromatic carbocycles. The first-order valence-electron chi connectivity index (χ1n) is 8.07. The average Bonchev–Trinajstić information content (AvgIpc) is 2.74. The number of ether oxygens (including phenoxy) is 1. The molecule has 0 bridgehead atoms. The Kier molecular flexibility index (Phi) is 5.04. The lowest BCUT2D eigenvalue weighted by Crippen LogP contribution is -2.18. The maximum Gasteiger partial charge on any atom is 0.151 e. The fraction of sp³-hybridized carbons (Fsp3) is 0.389. The van der Waals surface area contributed by atoms with Gasteiger partial charge in [-0.3, -0.25) is 0 Å². The van der Waals surface area contributed by atoms with Gasteiger partial charge in [0, 0.05) is 19.0 Å². The van der Waals surface area contributed by atoms with Crippen LogP contribution in [0.1, 0.15) is 17.5 Å². The lowest BCUT2D eigenvalue weighted by atomic mass is 9.97. The van der Waals surface area contributed by atoms with Gasteiger partial charge in [-0.2, -0.15) is 0 Å². The number of nitrogens with one attached hydrogen (secondary N) is 1. The van der Waals surface area contributed by atoms with Gasteiger partial charge in [0.15, 0.2) is 9.84 Å². The molecule has 0 fully saturated rings. The van der Waals surface area contributed by atoms with Crippen molar-refractivity contribution in [3.63, 3.8) is 0 Å². The Hall–Kier alpha value is -2.08. The third-order valence-electron chi connectivity index (χ3n) is 4.09. The maximum absolute atomic E-state index is 11.3. The lowest BCUT2D eigenvalue weighted by molar-refractivity contribution is 0.298. The summed E-state index contributed by atoms with van der Waals surface area (Å²) >= 11 is 0. The molecule has 1 aliphatic heterocycles. The molecular weight excluding hydrogens is 324 g/mol. The van der Waals surface area contributed by atoms with Gasteiger partial charge in [-0.1, -0.05) is 24.3 Å². The highest BCUT2D eigenvalue weighted by atomic mass is 32.2. The molecule has 0 amide bonds. The number of pyridine rings is 1. The first kappa shape index (κ1) is 16.8. The number of hydrogen-bond donors (Lipinski definition) is 1. The molecule has 0 aliphatic carbocycles. The molecule has 1 atom stereocenters. The summed E-state index contributed by atoms with van der Waals surface area (Å²) in [4.78, 5) is 4.31. The number of fused-ring (bicyclic) bond motifs is 1. The highest BCUT2D eigenvalue weighted by Gasteiger charge is 2.17. The topological polar surface area (TPSA) is 68.3 Å². The number of hydrogen-bond acceptors (Lipinski definition) is 5. The van der Waals surface area contributed by atoms with Crippen LogP contribution in [0.15, 0.2) is 42.6 Å². The first-order valence-corrected chi connectivity index (χ1v) is 10.1. The predicted molar refractivity (Wildman–Crippen MR) is 95.0 cm³/mol. The smallest absolute Gasteiger partial charge is 0.151 e. The minimum Gasteiger partial charge on any atom is -0.493 e. The Morgan fingerprint density at radius 2 is 2.08 bits per heavy atom. The monoisotopic (exact) mass is 346 g/mol. The van der Waals surface area contributed by atoms with Gasteiger partial charge in [-0.25, -0.2) is 13.4 Å². The number of nitrogens with zero attached hydrogens (tertiary/aromatic N) is 1. The van der Waals surface area contributed by atoms with Crippen LogP contribution < -0.4 is 10.1 Å². The zero-order valence-electron chi connectivity index (χ0n) is 13.7. The van der Waals surface area contributed by atoms with Gasteiger partial charge in [-0.15, -0.1) is 0 Å². The van der Waals surface area contributed by atoms with Gasteiger partial charge in [-0.05, 0) is 42.0 Å². The molecule has 1 aliphatic rings. The van der Waals surface area contributed by atoms with E-state index in [1.165, 1.54) is 11.8 Å². The van der Waals surface area contributed by atoms with Gasteiger partial charge in [0.05, 0.1) is 12.4 Å². The minimum absolute atomic E-state index is 0.0248. The second kappa shape index (κ2) is 7.21. The van der Waals surface area contributed by atoms with Crippen molar-refractivity contribution in [1.29, 1.82) is 0 Å². The van der Waals surface area contributed by atoms with E-state index in [2.05, 4.69) is 16.4 Å². The van der Waals surface area contributed by atoms with E-state index >= 15 is 0 Å². The standard InChI is InChI=1S/C18H22N2O3S/c1-24(21,22)13-15-6-7-18(20-12-15)19-11-14-8-9-23-17-5-3-2-4-16(17)10-14/h2-7,12,14H,8-11,13H2,1H3,(H,19,20)/t14-/m1/s1. The number of sulfone groups is 1. The fourth-order valence-corrected chi connectivity index (χ4v) is 3.68. The molecule has 1 N–H and O–H groups in total. The van der Waals surface area contributed by atoms with Crippen LogP contribution in [-0.2, 0) is 22.0 Å². The van der Waals surface area contributed by atoms with Crippen molar-refractivity contribution in [2.75, 3.05) is 24.7 Å². The molecule has 0 saturated carbocycles. The molecule has 2 aromatic rings. The van der Waals surface area contributed by atoms with E-state index in [-0.39, 0.29) is 5.75 Å². The van der Waals surface area contributed by atoms with E-state index in [4.69, 9.17) is 4.74 Å². The quantitative estimate of drug-likeness (QED) is 0.901. The van der Waals surface area contributed by atoms with Crippen LogP contribution in [0, 0.1) is 5.92 Å². The Balaban J connectivity index is 1.58. The van der Waals surface area contributed by atoms with E-state index in [1.807, 2.05) is 30.3 Å². The second-order valence-electron chi connectivity index (χ2n) is 6.32. The summed E-state index contributed by atoms with van der Waals surface area (Å²) in [5, 5.41) is 3.35. The first-order chi connectivity index (χ1) is 11.5. The summed E-state index contributed by atoms with van der Waals surface area (Å²) in [6, 6.07) is 11.8. The number of para-hydroxylation sites is 1. The number of anilines is 1. The van der Waals surface area contributed by atoms with Crippen LogP contribution >= 0.6 is 0 Å². The van der Waals surface area contributed by atoms with Crippen molar-refractivity contribution >= 4 is 15.7 Å². The molecule has 2 heterocycles. The normalized spacial score (nSPS) is 17.5. The second-order valence-corrected chi connectivity index (χ2v) is 8.46. The van der Waals surface area contributed by atoms with Gasteiger partial charge in [0.25, 0.3) is 0 Å². The van der Waals surface area contributed by atoms with Crippen molar-refractivity contribution < 1.29 is 13.2 Å². The molecule has 5 nitrogen and oxygen atoms in total. The number of aromatic nitrogens is 1. The summed E-state index contributed by atoms with van der Waals surface area (Å²) in [6.45, 7) is 1.54. The van der Waals surface area contributed by atoms with Crippen molar-refractivity contribution in [1.82, 2.24) is 4.98 Å². The van der Waals surface area contributed by atoms with E-state index in [0.29, 0.717) is 11.5 Å². The third kappa shape index (κ3) is 4.71. The molecule has 6 heteroatoms. The Morgan fingerprint density at radius 3 is 2.83 bits per heavy atom. The highest BCUT2D eigenvalue weighted by molar-refractivity contribution is 7.89. The van der Waals surface area contributed by atoms with Gasteiger partial charge >= 0.3 is 0 Å². The molecule has 1 aromatic heterocycles. The molecule has 24 heavy (non-hydrogen) atoms. The van der Waals surface area contributed by atoms with E-state index in [9.17, 15) is 8.42 Å². The predicted octanol–water partition coefficient (Wildman–Crippen LogP) is 2.68. The van der Waals surface area contributed by atoms with Crippen LogP contribution in [0.3, 0.4) is 0 Å². The molecular formula is C18H22N2O3S. The highest BCUT2D eigenvalue weighted by Crippen LogP contribution is 2.26. The van der Waals surface area contributed by atoms with E-state index in [1.54, 1.807) is 6.20 Å². The maximum atomic E-state index is 11.3. The zero-order valence-corrected chi connectivity index (χ0v) is 14.6. The van der Waals surface area contributed by atoms with Gasteiger partial charge in [0.1, 0.15) is 11.6 Å². The van der Waals surface area contributed by atoms with E-state index < -0.39 is 9.84 Å². The molecule has 128 valence electrons. The van der Waals surface area contributed by atoms with Crippen molar-refractivity contribution in [3.8, 4) is 5.75 Å². The molecule has 3 rings (SSSR count). The van der Waals surface area contributed by atoms with Crippen molar-refractivity contribution in [2.45, 2.75) is 18.6 Å². The Labute approximate surface area is 143 Å². The minimum atomic E-state index is -3.03. The summed E-state index contributed by atoms with van der Waals surface area (Å²) in [5.74, 6) is 2.26. The summed E-state index contributed by atoms with van der Waals surface area (Å²) in [6.07, 6.45) is 4.82. The lowest BCUT2D eigenvalue weighted by Gasteiger charge is -2.15. The third-order valence-corrected chi connectivity index (χ3v) is 4.95. The van der Waals surface area contributed by atoms with Crippen LogP contribution in [-0.4, -0.2) is 32.8 Å². The summed E-state index contributed by atoms with van der Waals surface area (Å²) < 4.78 is 28.4. The van der Waals surface area contributed by atoms with Crippen LogP contribution in [0.25, 0.3) is 0 Å². The average molecular weight is 346 g/mol. The molecule has 0 spiro atoms.